The van der Waals surface area contributed by atoms with Crippen LogP contribution in [0.25, 0.3) is 0 Å². The van der Waals surface area contributed by atoms with E-state index in [9.17, 15) is 35.5 Å². The van der Waals surface area contributed by atoms with Crippen LogP contribution in [-0.2, 0) is 18.6 Å². The molecule has 0 aromatic heterocycles. The highest BCUT2D eigenvalue weighted by atomic mass is 35.5. The molecule has 0 atom stereocenters. The summed E-state index contributed by atoms with van der Waals surface area (Å²) < 4.78 is 95.4. The number of alkyl halides is 7. The normalized spacial score (nSPS) is 12.7. The molecule has 0 fully saturated rings. The predicted molar refractivity (Wildman–Crippen MR) is 103 cm³/mol. The number of amides is 1. The molecule has 0 bridgehead atoms. The van der Waals surface area contributed by atoms with Crippen LogP contribution in [0.4, 0.5) is 36.4 Å². The maximum atomic E-state index is 14.9. The average molecular weight is 471 g/mol. The Morgan fingerprint density at radius 2 is 1.52 bits per heavy atom. The Bertz CT molecular complexity index is 958. The first-order chi connectivity index (χ1) is 14.2. The fourth-order valence-corrected chi connectivity index (χ4v) is 3.77. The van der Waals surface area contributed by atoms with E-state index in [1.807, 2.05) is 0 Å². The van der Waals surface area contributed by atoms with E-state index in [-0.39, 0.29) is 28.8 Å². The highest BCUT2D eigenvalue weighted by molar-refractivity contribution is 6.33. The van der Waals surface area contributed by atoms with Crippen molar-refractivity contribution >= 4 is 23.2 Å². The molecule has 11 heteroatoms. The van der Waals surface area contributed by atoms with Crippen molar-refractivity contribution in [3.63, 3.8) is 0 Å². The van der Waals surface area contributed by atoms with Crippen LogP contribution < -0.4 is 11.1 Å². The van der Waals surface area contributed by atoms with Gasteiger partial charge in [-0.05, 0) is 42.2 Å². The molecule has 0 aliphatic carbocycles. The molecule has 1 amide bonds. The van der Waals surface area contributed by atoms with Crippen molar-refractivity contribution < 1.29 is 35.5 Å². The molecule has 0 heterocycles. The van der Waals surface area contributed by atoms with Crippen molar-refractivity contribution in [3.8, 4) is 0 Å². The van der Waals surface area contributed by atoms with Gasteiger partial charge < -0.3 is 11.1 Å². The third kappa shape index (κ3) is 4.23. The number of halogens is 8. The third-order valence-corrected chi connectivity index (χ3v) is 5.29. The van der Waals surface area contributed by atoms with E-state index in [1.54, 1.807) is 18.2 Å². The molecule has 0 aliphatic heterocycles. The summed E-state index contributed by atoms with van der Waals surface area (Å²) in [6, 6.07) is 7.68. The second-order valence-electron chi connectivity index (χ2n) is 6.68. The lowest BCUT2D eigenvalue weighted by Crippen LogP contribution is -2.51. The SMILES string of the molecule is CCc1c(Cl)c(C(F)(C(F)(F)F)C(F)(F)F)c(CN)c(C)c1NC(=O)c1ccccc1. The fraction of sp³-hybridized carbons (Fsp3) is 0.350. The number of rotatable bonds is 5. The van der Waals surface area contributed by atoms with Crippen molar-refractivity contribution in [1.82, 2.24) is 0 Å². The first-order valence-electron chi connectivity index (χ1n) is 8.95. The van der Waals surface area contributed by atoms with Crippen molar-refractivity contribution in [2.75, 3.05) is 5.32 Å². The molecule has 3 N–H and O–H groups in total. The van der Waals surface area contributed by atoms with Gasteiger partial charge >= 0.3 is 18.0 Å². The van der Waals surface area contributed by atoms with Gasteiger partial charge in [0.1, 0.15) is 0 Å². The van der Waals surface area contributed by atoms with E-state index >= 15 is 0 Å². The number of carbonyl (C=O) groups is 1. The highest BCUT2D eigenvalue weighted by Crippen LogP contribution is 2.57. The van der Waals surface area contributed by atoms with E-state index in [2.05, 4.69) is 5.32 Å². The lowest BCUT2D eigenvalue weighted by Gasteiger charge is -2.34. The molecule has 0 radical (unpaired) electrons. The molecule has 0 spiro atoms. The maximum absolute atomic E-state index is 14.9. The van der Waals surface area contributed by atoms with Gasteiger partial charge in [0.15, 0.2) is 0 Å². The molecule has 3 nitrogen and oxygen atoms in total. The van der Waals surface area contributed by atoms with Crippen LogP contribution in [0.2, 0.25) is 5.02 Å². The van der Waals surface area contributed by atoms with E-state index < -0.39 is 46.6 Å². The third-order valence-electron chi connectivity index (χ3n) is 4.87. The molecule has 2 aromatic carbocycles. The maximum Gasteiger partial charge on any atom is 0.436 e. The number of hydrogen-bond acceptors (Lipinski definition) is 2. The number of nitrogens with one attached hydrogen (secondary N) is 1. The Kier molecular flexibility index (Phi) is 6.97. The largest absolute Gasteiger partial charge is 0.436 e. The highest BCUT2D eigenvalue weighted by Gasteiger charge is 2.74. The standard InChI is InChI=1S/C20H18ClF7N2O/c1-3-12-15(21)14(18(22,19(23,24)25)20(26,27)28)13(9-29)10(2)16(12)30-17(31)11-7-5-4-6-8-11/h4-8H,3,9,29H2,1-2H3,(H,30,31). The van der Waals surface area contributed by atoms with Crippen LogP contribution in [0.15, 0.2) is 30.3 Å². The molecule has 2 aromatic rings. The summed E-state index contributed by atoms with van der Waals surface area (Å²) in [5.41, 5.74) is -3.34. The lowest BCUT2D eigenvalue weighted by atomic mass is 9.84. The molecule has 0 saturated carbocycles. The molecule has 0 saturated heterocycles. The Morgan fingerprint density at radius 1 is 1.00 bits per heavy atom. The Labute approximate surface area is 178 Å². The number of nitrogens with two attached hydrogens (primary N) is 1. The molecular weight excluding hydrogens is 453 g/mol. The van der Waals surface area contributed by atoms with Gasteiger partial charge in [0.2, 0.25) is 0 Å². The van der Waals surface area contributed by atoms with Crippen molar-refractivity contribution in [2.45, 2.75) is 44.8 Å². The van der Waals surface area contributed by atoms with E-state index in [0.29, 0.717) is 0 Å². The van der Waals surface area contributed by atoms with Crippen LogP contribution in [-0.4, -0.2) is 18.3 Å². The molecular formula is C20H18ClF7N2O. The second kappa shape index (κ2) is 8.66. The number of benzene rings is 2. The summed E-state index contributed by atoms with van der Waals surface area (Å²) in [6.07, 6.45) is -12.9. The smallest absolute Gasteiger partial charge is 0.326 e. The molecule has 31 heavy (non-hydrogen) atoms. The van der Waals surface area contributed by atoms with Crippen LogP contribution >= 0.6 is 11.6 Å². The summed E-state index contributed by atoms with van der Waals surface area (Å²) >= 11 is 5.95. The Hall–Kier alpha value is -2.33. The average Bonchev–Trinajstić information content (AvgIpc) is 2.68. The van der Waals surface area contributed by atoms with Gasteiger partial charge in [0, 0.05) is 23.4 Å². The summed E-state index contributed by atoms with van der Waals surface area (Å²) in [5, 5.41) is 1.37. The number of hydrogen-bond donors (Lipinski definition) is 2. The predicted octanol–water partition coefficient (Wildman–Crippen LogP) is 6.21. The lowest BCUT2D eigenvalue weighted by molar-refractivity contribution is -0.348. The number of carbonyl (C=O) groups excluding carboxylic acids is 1. The van der Waals surface area contributed by atoms with Crippen molar-refractivity contribution in [1.29, 1.82) is 0 Å². The summed E-state index contributed by atoms with van der Waals surface area (Å²) in [5.74, 6) is -0.677. The van der Waals surface area contributed by atoms with Gasteiger partial charge in [-0.1, -0.05) is 36.7 Å². The van der Waals surface area contributed by atoms with Crippen LogP contribution in [0, 0.1) is 6.92 Å². The summed E-state index contributed by atoms with van der Waals surface area (Å²) in [7, 11) is 0. The van der Waals surface area contributed by atoms with Gasteiger partial charge in [0.05, 0.1) is 5.02 Å². The van der Waals surface area contributed by atoms with Gasteiger partial charge in [-0.25, -0.2) is 4.39 Å². The topological polar surface area (TPSA) is 55.1 Å². The minimum atomic E-state index is -6.36. The van der Waals surface area contributed by atoms with Gasteiger partial charge in [-0.3, -0.25) is 4.79 Å². The molecule has 0 unspecified atom stereocenters. The minimum Gasteiger partial charge on any atom is -0.326 e. The Morgan fingerprint density at radius 3 is 1.94 bits per heavy atom. The number of anilines is 1. The first kappa shape index (κ1) is 24.9. The summed E-state index contributed by atoms with van der Waals surface area (Å²) in [4.78, 5) is 12.5. The van der Waals surface area contributed by atoms with Crippen molar-refractivity contribution in [3.05, 3.63) is 63.2 Å². The van der Waals surface area contributed by atoms with Crippen LogP contribution in [0.5, 0.6) is 0 Å². The van der Waals surface area contributed by atoms with E-state index in [1.165, 1.54) is 19.1 Å². The second-order valence-corrected chi connectivity index (χ2v) is 7.06. The monoisotopic (exact) mass is 470 g/mol. The zero-order chi connectivity index (χ0) is 23.8. The van der Waals surface area contributed by atoms with E-state index in [0.717, 1.165) is 6.92 Å². The van der Waals surface area contributed by atoms with Gasteiger partial charge in [-0.2, -0.15) is 26.3 Å². The quantitative estimate of drug-likeness (QED) is 0.510. The summed E-state index contributed by atoms with van der Waals surface area (Å²) in [6.45, 7) is 1.66. The molecule has 170 valence electrons. The zero-order valence-corrected chi connectivity index (χ0v) is 17.1. The van der Waals surface area contributed by atoms with Crippen molar-refractivity contribution in [2.24, 2.45) is 5.73 Å². The minimum absolute atomic E-state index is 0.114. The molecule has 2 rings (SSSR count). The molecule has 0 aliphatic rings. The van der Waals surface area contributed by atoms with Crippen LogP contribution in [0.1, 0.15) is 39.5 Å². The Balaban J connectivity index is 2.84. The van der Waals surface area contributed by atoms with Gasteiger partial charge in [0.25, 0.3) is 5.91 Å². The first-order valence-corrected chi connectivity index (χ1v) is 9.33. The fourth-order valence-electron chi connectivity index (χ4n) is 3.29. The zero-order valence-electron chi connectivity index (χ0n) is 16.3. The van der Waals surface area contributed by atoms with Crippen LogP contribution in [0.3, 0.4) is 0 Å². The van der Waals surface area contributed by atoms with Gasteiger partial charge in [-0.15, -0.1) is 0 Å². The van der Waals surface area contributed by atoms with E-state index in [4.69, 9.17) is 17.3 Å².